The molecule has 0 atom stereocenters. The number of nitrogens with zero attached hydrogens (tertiary/aromatic N) is 1. The molecular weight excluding hydrogens is 316 g/mol. The van der Waals surface area contributed by atoms with Gasteiger partial charge in [-0.15, -0.1) is 0 Å². The van der Waals surface area contributed by atoms with Gasteiger partial charge in [0.25, 0.3) is 5.91 Å². The summed E-state index contributed by atoms with van der Waals surface area (Å²) in [6.45, 7) is 2.22. The second kappa shape index (κ2) is 6.93. The highest BCUT2D eigenvalue weighted by molar-refractivity contribution is 5.92. The molecule has 0 spiro atoms. The van der Waals surface area contributed by atoms with Crippen LogP contribution in [0.5, 0.6) is 0 Å². The van der Waals surface area contributed by atoms with Crippen LogP contribution < -0.4 is 5.32 Å². The minimum atomic E-state index is -0.126. The zero-order chi connectivity index (χ0) is 17.4. The van der Waals surface area contributed by atoms with Crippen molar-refractivity contribution in [2.75, 3.05) is 0 Å². The Morgan fingerprint density at radius 3 is 2.52 bits per heavy atom. The number of aromatic nitrogens is 1. The van der Waals surface area contributed by atoms with E-state index in [-0.39, 0.29) is 11.9 Å². The van der Waals surface area contributed by atoms with Crippen molar-refractivity contribution < 1.29 is 14.1 Å². The van der Waals surface area contributed by atoms with Crippen LogP contribution in [-0.4, -0.2) is 22.9 Å². The molecule has 0 unspecified atom stereocenters. The quantitative estimate of drug-likeness (QED) is 0.851. The maximum atomic E-state index is 12.3. The van der Waals surface area contributed by atoms with E-state index in [9.17, 15) is 9.59 Å². The fourth-order valence-electron chi connectivity index (χ4n) is 4.34. The minimum Gasteiger partial charge on any atom is -0.360 e. The van der Waals surface area contributed by atoms with Crippen LogP contribution in [0.15, 0.2) is 10.6 Å². The van der Waals surface area contributed by atoms with Crippen LogP contribution in [0.25, 0.3) is 0 Å². The summed E-state index contributed by atoms with van der Waals surface area (Å²) < 4.78 is 5.26. The Kier molecular flexibility index (Phi) is 4.65. The van der Waals surface area contributed by atoms with E-state index in [1.165, 1.54) is 0 Å². The molecule has 3 saturated carbocycles. The average molecular weight is 344 g/mol. The Balaban J connectivity index is 1.20. The highest BCUT2D eigenvalue weighted by Gasteiger charge is 2.34. The third-order valence-electron chi connectivity index (χ3n) is 6.24. The molecule has 5 nitrogen and oxygen atoms in total. The van der Waals surface area contributed by atoms with Gasteiger partial charge in [-0.2, -0.15) is 0 Å². The number of carbonyl (C=O) groups is 2. The molecule has 1 N–H and O–H groups in total. The van der Waals surface area contributed by atoms with E-state index in [1.54, 1.807) is 6.07 Å². The Bertz CT molecular complexity index is 635. The van der Waals surface area contributed by atoms with Crippen molar-refractivity contribution in [3.63, 3.8) is 0 Å². The second-order valence-electron chi connectivity index (χ2n) is 8.52. The zero-order valence-corrected chi connectivity index (χ0v) is 15.0. The molecule has 1 aromatic heterocycles. The van der Waals surface area contributed by atoms with Gasteiger partial charge in [-0.25, -0.2) is 0 Å². The highest BCUT2D eigenvalue weighted by atomic mass is 16.5. The number of hydrogen-bond donors (Lipinski definition) is 1. The van der Waals surface area contributed by atoms with Gasteiger partial charge in [0.05, 0.1) is 0 Å². The lowest BCUT2D eigenvalue weighted by Crippen LogP contribution is -2.38. The molecule has 25 heavy (non-hydrogen) atoms. The first-order chi connectivity index (χ1) is 12.1. The van der Waals surface area contributed by atoms with Crippen LogP contribution in [0, 0.1) is 17.8 Å². The van der Waals surface area contributed by atoms with Crippen LogP contribution in [-0.2, 0) is 4.79 Å². The van der Waals surface area contributed by atoms with E-state index in [0.29, 0.717) is 29.2 Å². The second-order valence-corrected chi connectivity index (χ2v) is 8.52. The van der Waals surface area contributed by atoms with Crippen molar-refractivity contribution in [1.29, 1.82) is 0 Å². The highest BCUT2D eigenvalue weighted by Crippen LogP contribution is 2.40. The van der Waals surface area contributed by atoms with Crippen molar-refractivity contribution in [2.45, 2.75) is 76.7 Å². The summed E-state index contributed by atoms with van der Waals surface area (Å²) in [4.78, 5) is 24.6. The molecule has 0 aromatic carbocycles. The number of nitrogens with one attached hydrogen (secondary N) is 1. The minimum absolute atomic E-state index is 0.126. The Hall–Kier alpha value is -1.65. The van der Waals surface area contributed by atoms with Crippen molar-refractivity contribution in [1.82, 2.24) is 10.5 Å². The number of amides is 1. The topological polar surface area (TPSA) is 72.2 Å². The Morgan fingerprint density at radius 2 is 1.88 bits per heavy atom. The van der Waals surface area contributed by atoms with E-state index in [0.717, 1.165) is 69.5 Å². The summed E-state index contributed by atoms with van der Waals surface area (Å²) in [6, 6.07) is 1.99. The standard InChI is InChI=1S/C20H28N2O3/c1-12-8-15(9-12)18(23)10-13-2-6-16(7-3-13)21-20(24)17-11-19(25-22-17)14-4-5-14/h11-16H,2-10H2,1H3,(H,21,24). The van der Waals surface area contributed by atoms with Gasteiger partial charge in [0.2, 0.25) is 0 Å². The van der Waals surface area contributed by atoms with E-state index < -0.39 is 0 Å². The third-order valence-corrected chi connectivity index (χ3v) is 6.24. The monoisotopic (exact) mass is 344 g/mol. The summed E-state index contributed by atoms with van der Waals surface area (Å²) in [5.41, 5.74) is 0.401. The van der Waals surface area contributed by atoms with Gasteiger partial charge in [-0.05, 0) is 63.2 Å². The van der Waals surface area contributed by atoms with Crippen LogP contribution >= 0.6 is 0 Å². The van der Waals surface area contributed by atoms with E-state index >= 15 is 0 Å². The molecule has 5 heteroatoms. The largest absolute Gasteiger partial charge is 0.360 e. The average Bonchev–Trinajstić information content (AvgIpc) is 3.30. The maximum Gasteiger partial charge on any atom is 0.273 e. The molecule has 3 aliphatic carbocycles. The molecule has 0 radical (unpaired) electrons. The van der Waals surface area contributed by atoms with Crippen LogP contribution in [0.3, 0.4) is 0 Å². The molecule has 0 bridgehead atoms. The molecule has 0 aliphatic heterocycles. The zero-order valence-electron chi connectivity index (χ0n) is 15.0. The first-order valence-electron chi connectivity index (χ1n) is 9.88. The molecule has 0 saturated heterocycles. The number of Topliss-reactive ketones (excluding diaryl/α,β-unsaturated/α-hetero) is 1. The van der Waals surface area contributed by atoms with Crippen molar-refractivity contribution >= 4 is 11.7 Å². The Labute approximate surface area is 148 Å². The fraction of sp³-hybridized carbons (Fsp3) is 0.750. The van der Waals surface area contributed by atoms with Gasteiger partial charge in [0, 0.05) is 30.4 Å². The molecule has 3 fully saturated rings. The van der Waals surface area contributed by atoms with Gasteiger partial charge in [-0.1, -0.05) is 12.1 Å². The smallest absolute Gasteiger partial charge is 0.273 e. The van der Waals surface area contributed by atoms with Gasteiger partial charge < -0.3 is 9.84 Å². The molecule has 3 aliphatic rings. The molecule has 4 rings (SSSR count). The van der Waals surface area contributed by atoms with Crippen molar-refractivity contribution in [3.05, 3.63) is 17.5 Å². The lowest BCUT2D eigenvalue weighted by molar-refractivity contribution is -0.127. The summed E-state index contributed by atoms with van der Waals surface area (Å²) in [5, 5.41) is 6.99. The Morgan fingerprint density at radius 1 is 1.16 bits per heavy atom. The lowest BCUT2D eigenvalue weighted by Gasteiger charge is -2.34. The molecule has 1 amide bonds. The van der Waals surface area contributed by atoms with Crippen LogP contribution in [0.4, 0.5) is 0 Å². The van der Waals surface area contributed by atoms with Gasteiger partial charge >= 0.3 is 0 Å². The molecule has 136 valence electrons. The number of carbonyl (C=O) groups excluding carboxylic acids is 2. The predicted octanol–water partition coefficient (Wildman–Crippen LogP) is 3.85. The first-order valence-corrected chi connectivity index (χ1v) is 9.88. The SMILES string of the molecule is CC1CC(C(=O)CC2CCC(NC(=O)c3cc(C4CC4)on3)CC2)C1. The van der Waals surface area contributed by atoms with E-state index in [4.69, 9.17) is 4.52 Å². The van der Waals surface area contributed by atoms with Gasteiger partial charge in [0.1, 0.15) is 11.5 Å². The summed E-state index contributed by atoms with van der Waals surface area (Å²) >= 11 is 0. The fourth-order valence-corrected chi connectivity index (χ4v) is 4.34. The lowest BCUT2D eigenvalue weighted by atomic mass is 9.71. The third kappa shape index (κ3) is 3.96. The van der Waals surface area contributed by atoms with Gasteiger partial charge in [0.15, 0.2) is 5.69 Å². The van der Waals surface area contributed by atoms with Crippen LogP contribution in [0.2, 0.25) is 0 Å². The molecular formula is C20H28N2O3. The predicted molar refractivity (Wildman–Crippen MR) is 93.2 cm³/mol. The van der Waals surface area contributed by atoms with Crippen LogP contribution in [0.1, 0.15) is 86.9 Å². The van der Waals surface area contributed by atoms with Gasteiger partial charge in [-0.3, -0.25) is 9.59 Å². The van der Waals surface area contributed by atoms with Crippen molar-refractivity contribution in [3.8, 4) is 0 Å². The number of ketones is 1. The molecule has 1 aromatic rings. The summed E-state index contributed by atoms with van der Waals surface area (Å²) in [7, 11) is 0. The molecule has 1 heterocycles. The van der Waals surface area contributed by atoms with Crippen molar-refractivity contribution in [2.24, 2.45) is 17.8 Å². The number of rotatable bonds is 6. The van der Waals surface area contributed by atoms with E-state index in [1.807, 2.05) is 0 Å². The maximum absolute atomic E-state index is 12.3. The van der Waals surface area contributed by atoms with E-state index in [2.05, 4.69) is 17.4 Å². The normalized spacial score (nSPS) is 32.0. The number of hydrogen-bond acceptors (Lipinski definition) is 4. The summed E-state index contributed by atoms with van der Waals surface area (Å²) in [5.74, 6) is 3.24. The summed E-state index contributed by atoms with van der Waals surface area (Å²) in [6.07, 6.45) is 9.17. The first kappa shape index (κ1) is 16.8.